The van der Waals surface area contributed by atoms with Crippen LogP contribution in [0.3, 0.4) is 0 Å². The summed E-state index contributed by atoms with van der Waals surface area (Å²) in [4.78, 5) is 0. The van der Waals surface area contributed by atoms with E-state index in [0.29, 0.717) is 0 Å². The summed E-state index contributed by atoms with van der Waals surface area (Å²) in [6.45, 7) is 4.23. The highest BCUT2D eigenvalue weighted by molar-refractivity contribution is 5.81. The van der Waals surface area contributed by atoms with Gasteiger partial charge in [0.1, 0.15) is 0 Å². The second kappa shape index (κ2) is 8.66. The van der Waals surface area contributed by atoms with Crippen molar-refractivity contribution in [2.75, 3.05) is 0 Å². The van der Waals surface area contributed by atoms with E-state index in [1.165, 1.54) is 11.1 Å². The third kappa shape index (κ3) is 4.17. The molecule has 0 spiro atoms. The Labute approximate surface area is 172 Å². The highest BCUT2D eigenvalue weighted by Crippen LogP contribution is 2.29. The molecule has 0 unspecified atom stereocenters. The Kier molecular flexibility index (Phi) is 5.62. The Morgan fingerprint density at radius 1 is 0.621 bits per heavy atom. The van der Waals surface area contributed by atoms with Gasteiger partial charge in [-0.3, -0.25) is 0 Å². The van der Waals surface area contributed by atoms with E-state index >= 15 is 0 Å². The van der Waals surface area contributed by atoms with Crippen LogP contribution in [0.4, 0.5) is 0 Å². The number of pyridine rings is 1. The van der Waals surface area contributed by atoms with Crippen LogP contribution in [0, 0.1) is 0 Å². The number of hydrogen-bond acceptors (Lipinski definition) is 1. The zero-order valence-electron chi connectivity index (χ0n) is 16.9. The van der Waals surface area contributed by atoms with Crippen molar-refractivity contribution < 1.29 is 4.68 Å². The lowest BCUT2D eigenvalue weighted by Crippen LogP contribution is -2.35. The van der Waals surface area contributed by atoms with Crippen molar-refractivity contribution in [2.24, 2.45) is 5.10 Å². The molecule has 0 saturated heterocycles. The third-order valence-electron chi connectivity index (χ3n) is 5.07. The predicted octanol–water partition coefficient (Wildman–Crippen LogP) is 6.61. The Morgan fingerprint density at radius 2 is 1.03 bits per heavy atom. The van der Waals surface area contributed by atoms with Crippen molar-refractivity contribution in [3.05, 3.63) is 103 Å². The summed E-state index contributed by atoms with van der Waals surface area (Å²) in [6.07, 6.45) is 0.913. The van der Waals surface area contributed by atoms with Gasteiger partial charge in [0.15, 0.2) is 0 Å². The Bertz CT molecular complexity index is 1050. The monoisotopic (exact) mass is 377 g/mol. The van der Waals surface area contributed by atoms with Crippen LogP contribution in [0.1, 0.15) is 20.3 Å². The van der Waals surface area contributed by atoms with Crippen LogP contribution >= 0.6 is 0 Å². The summed E-state index contributed by atoms with van der Waals surface area (Å²) in [5.41, 5.74) is 7.94. The van der Waals surface area contributed by atoms with Crippen LogP contribution in [0.2, 0.25) is 0 Å². The molecule has 4 aromatic rings. The molecule has 0 amide bonds. The number of nitrogens with zero attached hydrogens (tertiary/aromatic N) is 2. The highest BCUT2D eigenvalue weighted by atomic mass is 15.4. The summed E-state index contributed by atoms with van der Waals surface area (Å²) >= 11 is 0. The molecule has 1 aromatic heterocycles. The van der Waals surface area contributed by atoms with Crippen molar-refractivity contribution in [1.82, 2.24) is 0 Å². The van der Waals surface area contributed by atoms with Gasteiger partial charge in [0.05, 0.1) is 5.71 Å². The average molecular weight is 378 g/mol. The topological polar surface area (TPSA) is 16.2 Å². The van der Waals surface area contributed by atoms with E-state index in [1.807, 2.05) is 12.1 Å². The minimum Gasteiger partial charge on any atom is -0.0622 e. The van der Waals surface area contributed by atoms with Gasteiger partial charge in [-0.05, 0) is 58.5 Å². The van der Waals surface area contributed by atoms with Gasteiger partial charge in [-0.15, -0.1) is 0 Å². The van der Waals surface area contributed by atoms with Crippen molar-refractivity contribution in [1.29, 1.82) is 0 Å². The van der Waals surface area contributed by atoms with Gasteiger partial charge in [-0.25, -0.2) is 0 Å². The maximum Gasteiger partial charge on any atom is 0.246 e. The molecule has 0 atom stereocenters. The molecule has 0 aliphatic carbocycles. The molecule has 0 aliphatic rings. The van der Waals surface area contributed by atoms with Crippen molar-refractivity contribution in [3.8, 4) is 33.6 Å². The zero-order valence-corrected chi connectivity index (χ0v) is 16.9. The van der Waals surface area contributed by atoms with Gasteiger partial charge in [-0.1, -0.05) is 73.7 Å². The minimum absolute atomic E-state index is 0.913. The number of rotatable bonds is 5. The van der Waals surface area contributed by atoms with E-state index in [1.54, 1.807) is 0 Å². The van der Waals surface area contributed by atoms with Gasteiger partial charge in [-0.2, -0.15) is 0 Å². The first kappa shape index (κ1) is 18.8. The van der Waals surface area contributed by atoms with Gasteiger partial charge >= 0.3 is 0 Å². The van der Waals surface area contributed by atoms with Crippen molar-refractivity contribution in [3.63, 3.8) is 0 Å². The van der Waals surface area contributed by atoms with Crippen LogP contribution in [-0.4, -0.2) is 5.71 Å². The molecule has 0 bridgehead atoms. The molecule has 2 heteroatoms. The molecule has 0 radical (unpaired) electrons. The van der Waals surface area contributed by atoms with E-state index < -0.39 is 0 Å². The van der Waals surface area contributed by atoms with Gasteiger partial charge in [0, 0.05) is 23.3 Å². The zero-order chi connectivity index (χ0) is 20.1. The fourth-order valence-corrected chi connectivity index (χ4v) is 3.36. The first-order valence-corrected chi connectivity index (χ1v) is 10.1. The number of benzene rings is 3. The first-order chi connectivity index (χ1) is 14.3. The van der Waals surface area contributed by atoms with Crippen molar-refractivity contribution in [2.45, 2.75) is 20.3 Å². The molecule has 2 nitrogen and oxygen atoms in total. The van der Waals surface area contributed by atoms with Crippen LogP contribution in [-0.2, 0) is 0 Å². The van der Waals surface area contributed by atoms with E-state index in [2.05, 4.69) is 110 Å². The second-order valence-electron chi connectivity index (χ2n) is 7.11. The molecule has 0 saturated carbocycles. The summed E-state index contributed by atoms with van der Waals surface area (Å²) in [6, 6.07) is 36.0. The van der Waals surface area contributed by atoms with Crippen LogP contribution in [0.15, 0.2) is 108 Å². The number of aromatic nitrogens is 1. The Balaban J connectivity index is 2.06. The fourth-order valence-electron chi connectivity index (χ4n) is 3.36. The molecule has 1 heterocycles. The lowest BCUT2D eigenvalue weighted by Gasteiger charge is -2.09. The molecule has 0 aliphatic heterocycles. The summed E-state index contributed by atoms with van der Waals surface area (Å²) in [5.74, 6) is 0. The standard InChI is InChI=1S/C27H25N2/c1-3-21(2)28-29-26(23-15-9-5-10-16-23)19-25(22-13-7-4-8-14-22)20-27(29)24-17-11-6-12-18-24/h4-20H,3H2,1-2H3/q+1/b28-21-. The largest absolute Gasteiger partial charge is 0.246 e. The Morgan fingerprint density at radius 3 is 1.45 bits per heavy atom. The molecular weight excluding hydrogens is 352 g/mol. The van der Waals surface area contributed by atoms with Gasteiger partial charge < -0.3 is 0 Å². The van der Waals surface area contributed by atoms with Crippen LogP contribution in [0.25, 0.3) is 33.6 Å². The van der Waals surface area contributed by atoms with E-state index in [4.69, 9.17) is 5.10 Å². The minimum atomic E-state index is 0.913. The maximum atomic E-state index is 5.00. The normalized spacial score (nSPS) is 11.4. The first-order valence-electron chi connectivity index (χ1n) is 10.1. The Hall–Kier alpha value is -3.52. The van der Waals surface area contributed by atoms with E-state index in [0.717, 1.165) is 34.6 Å². The van der Waals surface area contributed by atoms with E-state index in [9.17, 15) is 0 Å². The fraction of sp³-hybridized carbons (Fsp3) is 0.111. The summed E-state index contributed by atoms with van der Waals surface area (Å²) < 4.78 is 2.09. The molecule has 4 rings (SSSR count). The van der Waals surface area contributed by atoms with Crippen LogP contribution < -0.4 is 4.68 Å². The van der Waals surface area contributed by atoms with Crippen molar-refractivity contribution >= 4 is 5.71 Å². The molecule has 0 fully saturated rings. The quantitative estimate of drug-likeness (QED) is 0.275. The average Bonchev–Trinajstić information content (AvgIpc) is 2.80. The lowest BCUT2D eigenvalue weighted by atomic mass is 10.00. The third-order valence-corrected chi connectivity index (χ3v) is 5.07. The molecule has 142 valence electrons. The predicted molar refractivity (Wildman–Crippen MR) is 122 cm³/mol. The van der Waals surface area contributed by atoms with Crippen LogP contribution in [0.5, 0.6) is 0 Å². The van der Waals surface area contributed by atoms with Gasteiger partial charge in [0.25, 0.3) is 0 Å². The summed E-state index contributed by atoms with van der Waals surface area (Å²) in [5, 5.41) is 5.00. The smallest absolute Gasteiger partial charge is 0.0622 e. The van der Waals surface area contributed by atoms with Gasteiger partial charge in [0.2, 0.25) is 11.4 Å². The maximum absolute atomic E-state index is 5.00. The SMILES string of the molecule is CC/C(C)=N\[n+]1c(-c2ccccc2)cc(-c2ccccc2)cc1-c1ccccc1. The molecular formula is C27H25N2+. The summed E-state index contributed by atoms with van der Waals surface area (Å²) in [7, 11) is 0. The molecule has 3 aromatic carbocycles. The van der Waals surface area contributed by atoms with E-state index in [-0.39, 0.29) is 0 Å². The second-order valence-corrected chi connectivity index (χ2v) is 7.11. The highest BCUT2D eigenvalue weighted by Gasteiger charge is 2.23. The number of hydrogen-bond donors (Lipinski definition) is 0. The molecule has 29 heavy (non-hydrogen) atoms. The molecule has 0 N–H and O–H groups in total. The lowest BCUT2D eigenvalue weighted by molar-refractivity contribution is -0.656.